The van der Waals surface area contributed by atoms with Crippen LogP contribution in [0.3, 0.4) is 0 Å². The third-order valence-corrected chi connectivity index (χ3v) is 6.93. The van der Waals surface area contributed by atoms with Crippen LogP contribution in [0.15, 0.2) is 39.9 Å². The molecule has 0 radical (unpaired) electrons. The number of nitrogen functional groups attached to an aromatic ring is 1. The van der Waals surface area contributed by atoms with Crippen LogP contribution < -0.4 is 21.9 Å². The van der Waals surface area contributed by atoms with Gasteiger partial charge in [0.05, 0.1) is 19.6 Å². The van der Waals surface area contributed by atoms with Gasteiger partial charge in [-0.25, -0.2) is 4.79 Å². The fourth-order valence-electron chi connectivity index (χ4n) is 4.86. The van der Waals surface area contributed by atoms with Crippen LogP contribution in [0.25, 0.3) is 0 Å². The Labute approximate surface area is 210 Å². The number of anilines is 2. The Morgan fingerprint density at radius 2 is 1.56 bits per heavy atom. The number of aromatic amines is 1. The van der Waals surface area contributed by atoms with Crippen LogP contribution in [-0.2, 0) is 16.1 Å². The van der Waals surface area contributed by atoms with Crippen molar-refractivity contribution < 1.29 is 9.59 Å². The maximum atomic E-state index is 13.2. The van der Waals surface area contributed by atoms with Crippen molar-refractivity contribution >= 4 is 23.3 Å². The number of hydrogen-bond acceptors (Lipinski definition) is 7. The van der Waals surface area contributed by atoms with E-state index >= 15 is 0 Å². The van der Waals surface area contributed by atoms with Gasteiger partial charge in [-0.1, -0.05) is 30.3 Å². The molecule has 2 aromatic rings. The Morgan fingerprint density at radius 3 is 2.17 bits per heavy atom. The minimum atomic E-state index is -0.678. The van der Waals surface area contributed by atoms with Crippen LogP contribution in [-0.4, -0.2) is 95.0 Å². The molecule has 11 nitrogen and oxygen atoms in total. The summed E-state index contributed by atoms with van der Waals surface area (Å²) in [7, 11) is 0. The number of rotatable bonds is 8. The highest BCUT2D eigenvalue weighted by atomic mass is 16.2. The lowest BCUT2D eigenvalue weighted by Gasteiger charge is -2.35. The molecule has 2 aliphatic rings. The standard InChI is InChI=1S/C25H35N7O4/c1-2-31(22-23(26)32(25(36)27-24(22)35)16-19-8-4-3-5-9-19)21(34)18-29-14-12-28(13-15-29)17-20(33)30-10-6-7-11-30/h3-5,8-9H,2,6-7,10-18,26H2,1H3,(H,27,35,36). The van der Waals surface area contributed by atoms with E-state index in [4.69, 9.17) is 5.73 Å². The minimum absolute atomic E-state index is 0.00660. The van der Waals surface area contributed by atoms with Gasteiger partial charge in [0, 0.05) is 45.8 Å². The molecule has 0 spiro atoms. The van der Waals surface area contributed by atoms with Crippen LogP contribution in [0.5, 0.6) is 0 Å². The zero-order chi connectivity index (χ0) is 25.7. The first-order valence-electron chi connectivity index (χ1n) is 12.6. The molecule has 0 bridgehead atoms. The van der Waals surface area contributed by atoms with E-state index in [2.05, 4.69) is 9.88 Å². The Morgan fingerprint density at radius 1 is 0.944 bits per heavy atom. The van der Waals surface area contributed by atoms with Crippen molar-refractivity contribution in [3.05, 3.63) is 56.7 Å². The van der Waals surface area contributed by atoms with E-state index in [0.29, 0.717) is 32.7 Å². The van der Waals surface area contributed by atoms with E-state index in [9.17, 15) is 19.2 Å². The van der Waals surface area contributed by atoms with E-state index in [-0.39, 0.29) is 43.0 Å². The van der Waals surface area contributed by atoms with Gasteiger partial charge >= 0.3 is 5.69 Å². The molecule has 1 aromatic heterocycles. The molecule has 194 valence electrons. The van der Waals surface area contributed by atoms with Gasteiger partial charge in [-0.15, -0.1) is 0 Å². The van der Waals surface area contributed by atoms with Crippen LogP contribution in [0.1, 0.15) is 25.3 Å². The highest BCUT2D eigenvalue weighted by Gasteiger charge is 2.27. The van der Waals surface area contributed by atoms with Crippen molar-refractivity contribution in [3.8, 4) is 0 Å². The zero-order valence-corrected chi connectivity index (χ0v) is 20.8. The second kappa shape index (κ2) is 11.5. The Bertz CT molecular complexity index is 1180. The lowest BCUT2D eigenvalue weighted by atomic mass is 10.2. The van der Waals surface area contributed by atoms with Gasteiger partial charge in [-0.05, 0) is 25.3 Å². The van der Waals surface area contributed by atoms with E-state index in [0.717, 1.165) is 31.5 Å². The average Bonchev–Trinajstić information content (AvgIpc) is 3.41. The molecule has 2 amide bonds. The molecule has 3 N–H and O–H groups in total. The zero-order valence-electron chi connectivity index (χ0n) is 20.8. The van der Waals surface area contributed by atoms with E-state index in [1.54, 1.807) is 6.92 Å². The maximum Gasteiger partial charge on any atom is 0.330 e. The second-order valence-electron chi connectivity index (χ2n) is 9.34. The highest BCUT2D eigenvalue weighted by Crippen LogP contribution is 2.18. The van der Waals surface area contributed by atoms with Gasteiger partial charge in [0.15, 0.2) is 5.69 Å². The third kappa shape index (κ3) is 5.85. The van der Waals surface area contributed by atoms with E-state index in [1.807, 2.05) is 40.1 Å². The maximum absolute atomic E-state index is 13.2. The number of piperazine rings is 1. The summed E-state index contributed by atoms with van der Waals surface area (Å²) in [6.07, 6.45) is 2.15. The normalized spacial score (nSPS) is 16.9. The smallest absolute Gasteiger partial charge is 0.330 e. The van der Waals surface area contributed by atoms with Gasteiger partial charge in [-0.2, -0.15) is 0 Å². The second-order valence-corrected chi connectivity index (χ2v) is 9.34. The highest BCUT2D eigenvalue weighted by molar-refractivity contribution is 5.96. The van der Waals surface area contributed by atoms with Crippen LogP contribution in [0, 0.1) is 0 Å². The largest absolute Gasteiger partial charge is 0.383 e. The SMILES string of the molecule is CCN(C(=O)CN1CCN(CC(=O)N2CCCC2)CC1)c1c(N)n(Cc2ccccc2)c(=O)[nH]c1=O. The topological polar surface area (TPSA) is 128 Å². The lowest BCUT2D eigenvalue weighted by Crippen LogP contribution is -2.52. The molecule has 0 saturated carbocycles. The number of amides is 2. The number of carbonyl (C=O) groups is 2. The number of nitrogens with two attached hydrogens (primary N) is 1. The molecule has 2 aliphatic heterocycles. The first-order chi connectivity index (χ1) is 17.4. The molecule has 3 heterocycles. The summed E-state index contributed by atoms with van der Waals surface area (Å²) < 4.78 is 1.28. The summed E-state index contributed by atoms with van der Waals surface area (Å²) in [5, 5.41) is 0. The fourth-order valence-corrected chi connectivity index (χ4v) is 4.86. The minimum Gasteiger partial charge on any atom is -0.383 e. The van der Waals surface area contributed by atoms with Gasteiger partial charge in [0.25, 0.3) is 5.56 Å². The van der Waals surface area contributed by atoms with Crippen molar-refractivity contribution in [1.82, 2.24) is 24.3 Å². The summed E-state index contributed by atoms with van der Waals surface area (Å²) in [6, 6.07) is 9.30. The van der Waals surface area contributed by atoms with Crippen molar-refractivity contribution in [2.75, 3.05) is 69.5 Å². The Kier molecular flexibility index (Phi) is 8.21. The summed E-state index contributed by atoms with van der Waals surface area (Å²) >= 11 is 0. The van der Waals surface area contributed by atoms with Gasteiger partial charge in [0.1, 0.15) is 5.82 Å². The molecule has 1 aromatic carbocycles. The number of nitrogens with one attached hydrogen (secondary N) is 1. The Balaban J connectivity index is 1.41. The number of aromatic nitrogens is 2. The Hall–Kier alpha value is -3.44. The number of nitrogens with zero attached hydrogens (tertiary/aromatic N) is 5. The van der Waals surface area contributed by atoms with Crippen LogP contribution in [0.4, 0.5) is 11.5 Å². The summed E-state index contributed by atoms with van der Waals surface area (Å²) in [4.78, 5) is 60.6. The van der Waals surface area contributed by atoms with Crippen molar-refractivity contribution in [1.29, 1.82) is 0 Å². The third-order valence-electron chi connectivity index (χ3n) is 6.93. The number of H-pyrrole nitrogens is 1. The first kappa shape index (κ1) is 25.6. The molecule has 0 atom stereocenters. The summed E-state index contributed by atoms with van der Waals surface area (Å²) in [5.74, 6) is -0.122. The predicted molar refractivity (Wildman–Crippen MR) is 138 cm³/mol. The quantitative estimate of drug-likeness (QED) is 0.515. The molecule has 2 saturated heterocycles. The average molecular weight is 498 g/mol. The number of hydrogen-bond donors (Lipinski definition) is 2. The van der Waals surface area contributed by atoms with E-state index < -0.39 is 11.2 Å². The van der Waals surface area contributed by atoms with Gasteiger partial charge in [0.2, 0.25) is 11.8 Å². The first-order valence-corrected chi connectivity index (χ1v) is 12.6. The van der Waals surface area contributed by atoms with Gasteiger partial charge < -0.3 is 15.5 Å². The molecule has 11 heteroatoms. The molecular formula is C25H35N7O4. The van der Waals surface area contributed by atoms with Crippen LogP contribution in [0.2, 0.25) is 0 Å². The molecule has 4 rings (SSSR count). The molecule has 36 heavy (non-hydrogen) atoms. The number of carbonyl (C=O) groups excluding carboxylic acids is 2. The number of likely N-dealkylation sites (N-methyl/N-ethyl adjacent to an activating group) is 1. The lowest BCUT2D eigenvalue weighted by molar-refractivity contribution is -0.132. The fraction of sp³-hybridized carbons (Fsp3) is 0.520. The van der Waals surface area contributed by atoms with Crippen LogP contribution >= 0.6 is 0 Å². The monoisotopic (exact) mass is 497 g/mol. The molecule has 0 unspecified atom stereocenters. The van der Waals surface area contributed by atoms with Crippen molar-refractivity contribution in [3.63, 3.8) is 0 Å². The molecule has 0 aliphatic carbocycles. The van der Waals surface area contributed by atoms with Gasteiger partial charge in [-0.3, -0.25) is 33.7 Å². The number of likely N-dealkylation sites (tertiary alicyclic amines) is 1. The van der Waals surface area contributed by atoms with Crippen molar-refractivity contribution in [2.45, 2.75) is 26.3 Å². The number of benzene rings is 1. The van der Waals surface area contributed by atoms with Crippen molar-refractivity contribution in [2.24, 2.45) is 0 Å². The molecular weight excluding hydrogens is 462 g/mol. The molecule has 2 fully saturated rings. The van der Waals surface area contributed by atoms with E-state index in [1.165, 1.54) is 9.47 Å². The summed E-state index contributed by atoms with van der Waals surface area (Å²) in [6.45, 7) is 7.11. The summed E-state index contributed by atoms with van der Waals surface area (Å²) in [5.41, 5.74) is 5.83. The predicted octanol–water partition coefficient (Wildman–Crippen LogP) is -0.240.